The number of nitrogens with zero attached hydrogens (tertiary/aromatic N) is 3. The number of nitrogens with one attached hydrogen (secondary N) is 1. The Morgan fingerprint density at radius 1 is 1.45 bits per heavy atom. The Bertz CT molecular complexity index is 634. The van der Waals surface area contributed by atoms with Crippen LogP contribution < -0.4 is 5.32 Å². The van der Waals surface area contributed by atoms with Crippen molar-refractivity contribution in [3.8, 4) is 0 Å². The average molecular weight is 274 g/mol. The number of rotatable bonds is 5. The maximum atomic E-state index is 11.1. The Kier molecular flexibility index (Phi) is 4.02. The van der Waals surface area contributed by atoms with Crippen LogP contribution in [-0.4, -0.2) is 14.7 Å². The highest BCUT2D eigenvalue weighted by Gasteiger charge is 2.17. The minimum absolute atomic E-state index is 0.134. The SMILES string of the molecule is CCc1nn(C)cc1CNc1cccc(C)c1[N+](=O)[O-]. The van der Waals surface area contributed by atoms with Gasteiger partial charge < -0.3 is 5.32 Å². The molecule has 2 rings (SSSR count). The molecule has 0 fully saturated rings. The smallest absolute Gasteiger partial charge is 0.295 e. The molecule has 0 saturated carbocycles. The monoisotopic (exact) mass is 274 g/mol. The fourth-order valence-corrected chi connectivity index (χ4v) is 2.26. The highest BCUT2D eigenvalue weighted by molar-refractivity contribution is 5.65. The zero-order valence-corrected chi connectivity index (χ0v) is 11.9. The molecule has 106 valence electrons. The van der Waals surface area contributed by atoms with E-state index in [1.807, 2.05) is 26.2 Å². The molecule has 0 amide bonds. The van der Waals surface area contributed by atoms with E-state index in [1.165, 1.54) is 0 Å². The summed E-state index contributed by atoms with van der Waals surface area (Å²) in [4.78, 5) is 10.8. The lowest BCUT2D eigenvalue weighted by Gasteiger charge is -2.08. The largest absolute Gasteiger partial charge is 0.375 e. The molecule has 0 aliphatic heterocycles. The van der Waals surface area contributed by atoms with Gasteiger partial charge in [0.05, 0.1) is 10.6 Å². The number of hydrogen-bond donors (Lipinski definition) is 1. The number of nitro groups is 1. The standard InChI is InChI=1S/C14H18N4O2/c1-4-12-11(9-17(3)16-12)8-15-13-7-5-6-10(2)14(13)18(19)20/h5-7,9,15H,4,8H2,1-3H3. The number of nitro benzene ring substituents is 1. The number of aryl methyl sites for hydroxylation is 3. The first-order chi connectivity index (χ1) is 9.52. The molecule has 0 aliphatic carbocycles. The summed E-state index contributed by atoms with van der Waals surface area (Å²) in [6.45, 7) is 4.31. The van der Waals surface area contributed by atoms with Crippen molar-refractivity contribution >= 4 is 11.4 Å². The first kappa shape index (κ1) is 14.0. The molecule has 1 N–H and O–H groups in total. The van der Waals surface area contributed by atoms with E-state index >= 15 is 0 Å². The number of para-hydroxylation sites is 1. The van der Waals surface area contributed by atoms with E-state index in [0.717, 1.165) is 17.7 Å². The fourth-order valence-electron chi connectivity index (χ4n) is 2.26. The second-order valence-electron chi connectivity index (χ2n) is 4.71. The van der Waals surface area contributed by atoms with Gasteiger partial charge in [0.2, 0.25) is 0 Å². The number of benzene rings is 1. The van der Waals surface area contributed by atoms with Gasteiger partial charge in [-0.15, -0.1) is 0 Å². The summed E-state index contributed by atoms with van der Waals surface area (Å²) in [6.07, 6.45) is 2.78. The van der Waals surface area contributed by atoms with Crippen molar-refractivity contribution in [3.63, 3.8) is 0 Å². The van der Waals surface area contributed by atoms with Gasteiger partial charge >= 0.3 is 0 Å². The zero-order valence-electron chi connectivity index (χ0n) is 11.9. The second-order valence-corrected chi connectivity index (χ2v) is 4.71. The van der Waals surface area contributed by atoms with Crippen molar-refractivity contribution < 1.29 is 4.92 Å². The van der Waals surface area contributed by atoms with Crippen LogP contribution in [0.5, 0.6) is 0 Å². The van der Waals surface area contributed by atoms with Gasteiger partial charge in [-0.3, -0.25) is 14.8 Å². The van der Waals surface area contributed by atoms with Gasteiger partial charge in [-0.25, -0.2) is 0 Å². The molecule has 0 spiro atoms. The number of hydrogen-bond acceptors (Lipinski definition) is 4. The van der Waals surface area contributed by atoms with E-state index in [0.29, 0.717) is 17.8 Å². The van der Waals surface area contributed by atoms with Crippen molar-refractivity contribution in [1.82, 2.24) is 9.78 Å². The summed E-state index contributed by atoms with van der Waals surface area (Å²) in [5, 5.41) is 18.6. The molecule has 0 aliphatic rings. The summed E-state index contributed by atoms with van der Waals surface area (Å²) in [5.74, 6) is 0. The molecular formula is C14H18N4O2. The third-order valence-electron chi connectivity index (χ3n) is 3.22. The summed E-state index contributed by atoms with van der Waals surface area (Å²) in [6, 6.07) is 5.28. The maximum Gasteiger partial charge on any atom is 0.295 e. The van der Waals surface area contributed by atoms with Gasteiger partial charge in [0.1, 0.15) is 5.69 Å². The van der Waals surface area contributed by atoms with Gasteiger partial charge in [-0.2, -0.15) is 5.10 Å². The lowest BCUT2D eigenvalue weighted by atomic mass is 10.1. The maximum absolute atomic E-state index is 11.1. The molecule has 2 aromatic rings. The van der Waals surface area contributed by atoms with Gasteiger partial charge in [-0.1, -0.05) is 19.1 Å². The molecule has 0 atom stereocenters. The fraction of sp³-hybridized carbons (Fsp3) is 0.357. The van der Waals surface area contributed by atoms with E-state index in [9.17, 15) is 10.1 Å². The van der Waals surface area contributed by atoms with Crippen LogP contribution in [0, 0.1) is 17.0 Å². The van der Waals surface area contributed by atoms with E-state index in [2.05, 4.69) is 10.4 Å². The third-order valence-corrected chi connectivity index (χ3v) is 3.22. The van der Waals surface area contributed by atoms with Crippen LogP contribution >= 0.6 is 0 Å². The lowest BCUT2D eigenvalue weighted by molar-refractivity contribution is -0.384. The molecule has 6 nitrogen and oxygen atoms in total. The second kappa shape index (κ2) is 5.73. The Hall–Kier alpha value is -2.37. The van der Waals surface area contributed by atoms with Crippen LogP contribution in [-0.2, 0) is 20.0 Å². The Labute approximate surface area is 117 Å². The molecule has 0 unspecified atom stereocenters. The number of anilines is 1. The molecule has 1 heterocycles. The predicted octanol–water partition coefficient (Wildman–Crippen LogP) is 2.81. The Morgan fingerprint density at radius 2 is 2.20 bits per heavy atom. The molecule has 0 bridgehead atoms. The summed E-state index contributed by atoms with van der Waals surface area (Å²) in [5.41, 5.74) is 3.40. The molecule has 0 radical (unpaired) electrons. The van der Waals surface area contributed by atoms with Crippen molar-refractivity contribution in [1.29, 1.82) is 0 Å². The van der Waals surface area contributed by atoms with E-state index in [4.69, 9.17) is 0 Å². The average Bonchev–Trinajstić information content (AvgIpc) is 2.76. The van der Waals surface area contributed by atoms with Gasteiger partial charge in [-0.05, 0) is 19.4 Å². The first-order valence-corrected chi connectivity index (χ1v) is 6.52. The minimum Gasteiger partial charge on any atom is -0.375 e. The van der Waals surface area contributed by atoms with Crippen molar-refractivity contribution in [2.75, 3.05) is 5.32 Å². The van der Waals surface area contributed by atoms with Crippen molar-refractivity contribution in [2.45, 2.75) is 26.8 Å². The molecule has 6 heteroatoms. The highest BCUT2D eigenvalue weighted by atomic mass is 16.6. The molecule has 1 aromatic carbocycles. The van der Waals surface area contributed by atoms with E-state index in [1.54, 1.807) is 23.7 Å². The van der Waals surface area contributed by atoms with Crippen LogP contribution in [0.2, 0.25) is 0 Å². The van der Waals surface area contributed by atoms with Crippen molar-refractivity contribution in [2.24, 2.45) is 7.05 Å². The minimum atomic E-state index is -0.346. The molecule has 1 aromatic heterocycles. The van der Waals surface area contributed by atoms with E-state index in [-0.39, 0.29) is 10.6 Å². The van der Waals surface area contributed by atoms with Gasteiger partial charge in [0.25, 0.3) is 5.69 Å². The van der Waals surface area contributed by atoms with Gasteiger partial charge in [0, 0.05) is 30.9 Å². The topological polar surface area (TPSA) is 73.0 Å². The zero-order chi connectivity index (χ0) is 14.7. The summed E-state index contributed by atoms with van der Waals surface area (Å²) < 4.78 is 1.76. The van der Waals surface area contributed by atoms with Crippen molar-refractivity contribution in [3.05, 3.63) is 51.3 Å². The first-order valence-electron chi connectivity index (χ1n) is 6.52. The van der Waals surface area contributed by atoms with Crippen LogP contribution in [0.4, 0.5) is 11.4 Å². The number of aromatic nitrogens is 2. The van der Waals surface area contributed by atoms with Crippen LogP contribution in [0.15, 0.2) is 24.4 Å². The Morgan fingerprint density at radius 3 is 2.85 bits per heavy atom. The Balaban J connectivity index is 2.23. The van der Waals surface area contributed by atoms with Crippen LogP contribution in [0.3, 0.4) is 0 Å². The van der Waals surface area contributed by atoms with Gasteiger partial charge in [0.15, 0.2) is 0 Å². The molecule has 20 heavy (non-hydrogen) atoms. The normalized spacial score (nSPS) is 10.6. The van der Waals surface area contributed by atoms with Crippen LogP contribution in [0.1, 0.15) is 23.7 Å². The lowest BCUT2D eigenvalue weighted by Crippen LogP contribution is -2.04. The van der Waals surface area contributed by atoms with Crippen LogP contribution in [0.25, 0.3) is 0 Å². The van der Waals surface area contributed by atoms with E-state index < -0.39 is 0 Å². The third kappa shape index (κ3) is 2.79. The quantitative estimate of drug-likeness (QED) is 0.672. The molecular weight excluding hydrogens is 256 g/mol. The molecule has 0 saturated heterocycles. The summed E-state index contributed by atoms with van der Waals surface area (Å²) in [7, 11) is 1.87. The highest BCUT2D eigenvalue weighted by Crippen LogP contribution is 2.28. The predicted molar refractivity (Wildman–Crippen MR) is 77.7 cm³/mol. The summed E-state index contributed by atoms with van der Waals surface area (Å²) >= 11 is 0.